The zero-order valence-corrected chi connectivity index (χ0v) is 10.7. The van der Waals surface area contributed by atoms with Gasteiger partial charge >= 0.3 is 0 Å². The van der Waals surface area contributed by atoms with E-state index in [4.69, 9.17) is 9.47 Å². The molecule has 0 radical (unpaired) electrons. The van der Waals surface area contributed by atoms with Crippen molar-refractivity contribution in [3.63, 3.8) is 0 Å². The summed E-state index contributed by atoms with van der Waals surface area (Å²) in [6.45, 7) is 5.80. The number of fused-ring (bicyclic) bond motifs is 1. The summed E-state index contributed by atoms with van der Waals surface area (Å²) in [5.41, 5.74) is 1.07. The van der Waals surface area contributed by atoms with Gasteiger partial charge in [0.2, 0.25) is 0 Å². The molecule has 0 saturated carbocycles. The lowest BCUT2D eigenvalue weighted by molar-refractivity contribution is -0.143. The van der Waals surface area contributed by atoms with Gasteiger partial charge in [-0.05, 0) is 26.3 Å². The largest absolute Gasteiger partial charge is 0.388 e. The number of rotatable bonds is 0. The Morgan fingerprint density at radius 3 is 2.71 bits per heavy atom. The Hall–Kier alpha value is 0.350. The highest BCUT2D eigenvalue weighted by atomic mass is 127. The molecule has 1 aliphatic carbocycles. The van der Waals surface area contributed by atoms with Crippen molar-refractivity contribution in [2.75, 3.05) is 0 Å². The van der Waals surface area contributed by atoms with Crippen LogP contribution in [0.4, 0.5) is 0 Å². The number of hydrogen-bond donors (Lipinski definition) is 1. The molecule has 1 heterocycles. The number of ether oxygens (including phenoxy) is 2. The SMILES string of the molecule is CC1=C[C@H](O)[C@@H](I)[C@@H]2OC(C)(C)O[C@H]12. The molecule has 0 unspecified atom stereocenters. The third kappa shape index (κ3) is 1.73. The van der Waals surface area contributed by atoms with Crippen LogP contribution in [0.1, 0.15) is 20.8 Å². The molecule has 80 valence electrons. The molecular formula is C10H15IO3. The van der Waals surface area contributed by atoms with E-state index in [2.05, 4.69) is 22.6 Å². The van der Waals surface area contributed by atoms with Crippen LogP contribution in [0.5, 0.6) is 0 Å². The zero-order valence-electron chi connectivity index (χ0n) is 8.53. The molecule has 4 heteroatoms. The summed E-state index contributed by atoms with van der Waals surface area (Å²) in [6.07, 6.45) is 1.43. The summed E-state index contributed by atoms with van der Waals surface area (Å²) in [4.78, 5) is 0. The fourth-order valence-corrected chi connectivity index (χ4v) is 2.76. The fourth-order valence-electron chi connectivity index (χ4n) is 2.02. The van der Waals surface area contributed by atoms with Crippen LogP contribution in [0.25, 0.3) is 0 Å². The summed E-state index contributed by atoms with van der Waals surface area (Å²) < 4.78 is 11.6. The molecule has 1 saturated heterocycles. The van der Waals surface area contributed by atoms with Gasteiger partial charge in [-0.15, -0.1) is 0 Å². The number of aliphatic hydroxyl groups excluding tert-OH is 1. The number of halogens is 1. The molecule has 0 amide bonds. The molecule has 0 bridgehead atoms. The Morgan fingerprint density at radius 2 is 2.07 bits per heavy atom. The second-order valence-electron chi connectivity index (χ2n) is 4.37. The average Bonchev–Trinajstić information content (AvgIpc) is 2.38. The van der Waals surface area contributed by atoms with Crippen LogP contribution in [-0.4, -0.2) is 33.1 Å². The van der Waals surface area contributed by atoms with Gasteiger partial charge in [0.15, 0.2) is 5.79 Å². The number of alkyl halides is 1. The van der Waals surface area contributed by atoms with Gasteiger partial charge in [0, 0.05) is 0 Å². The first-order valence-corrected chi connectivity index (χ1v) is 6.01. The van der Waals surface area contributed by atoms with Crippen LogP contribution >= 0.6 is 22.6 Å². The van der Waals surface area contributed by atoms with Gasteiger partial charge < -0.3 is 14.6 Å². The molecule has 3 nitrogen and oxygen atoms in total. The predicted molar refractivity (Wildman–Crippen MR) is 61.4 cm³/mol. The summed E-state index contributed by atoms with van der Waals surface area (Å²) >= 11 is 2.23. The molecule has 2 aliphatic rings. The highest BCUT2D eigenvalue weighted by molar-refractivity contribution is 14.1. The van der Waals surface area contributed by atoms with Crippen molar-refractivity contribution in [3.05, 3.63) is 11.6 Å². The number of hydrogen-bond acceptors (Lipinski definition) is 3. The third-order valence-electron chi connectivity index (χ3n) is 2.65. The second-order valence-corrected chi connectivity index (χ2v) is 5.80. The van der Waals surface area contributed by atoms with Gasteiger partial charge in [0.25, 0.3) is 0 Å². The van der Waals surface area contributed by atoms with Gasteiger partial charge in [-0.25, -0.2) is 0 Å². The van der Waals surface area contributed by atoms with Gasteiger partial charge in [-0.2, -0.15) is 0 Å². The lowest BCUT2D eigenvalue weighted by Gasteiger charge is -2.30. The van der Waals surface area contributed by atoms with Crippen molar-refractivity contribution >= 4 is 22.6 Å². The highest BCUT2D eigenvalue weighted by Gasteiger charge is 2.48. The minimum atomic E-state index is -0.530. The normalized spacial score (nSPS) is 45.9. The third-order valence-corrected chi connectivity index (χ3v) is 4.10. The molecule has 1 N–H and O–H groups in total. The first-order chi connectivity index (χ1) is 6.41. The lowest BCUT2D eigenvalue weighted by Crippen LogP contribution is -2.42. The van der Waals surface area contributed by atoms with Crippen molar-refractivity contribution < 1.29 is 14.6 Å². The monoisotopic (exact) mass is 310 g/mol. The van der Waals surface area contributed by atoms with E-state index >= 15 is 0 Å². The Balaban J connectivity index is 2.27. The Morgan fingerprint density at radius 1 is 1.43 bits per heavy atom. The van der Waals surface area contributed by atoms with E-state index in [0.29, 0.717) is 0 Å². The van der Waals surface area contributed by atoms with Crippen LogP contribution < -0.4 is 0 Å². The van der Waals surface area contributed by atoms with Crippen molar-refractivity contribution in [1.82, 2.24) is 0 Å². The minimum Gasteiger partial charge on any atom is -0.388 e. The summed E-state index contributed by atoms with van der Waals surface area (Å²) in [6, 6.07) is 0. The van der Waals surface area contributed by atoms with E-state index in [1.165, 1.54) is 0 Å². The van der Waals surface area contributed by atoms with Crippen LogP contribution in [-0.2, 0) is 9.47 Å². The molecule has 2 rings (SSSR count). The van der Waals surface area contributed by atoms with Gasteiger partial charge in [0.05, 0.1) is 10.0 Å². The molecule has 0 spiro atoms. The number of aliphatic hydroxyl groups is 1. The predicted octanol–water partition coefficient (Wildman–Crippen LogP) is 1.63. The average molecular weight is 310 g/mol. The van der Waals surface area contributed by atoms with Crippen LogP contribution in [0.3, 0.4) is 0 Å². The summed E-state index contributed by atoms with van der Waals surface area (Å²) in [5, 5.41) is 9.75. The van der Waals surface area contributed by atoms with Crippen LogP contribution in [0, 0.1) is 0 Å². The molecule has 1 aliphatic heterocycles. The molecule has 4 atom stereocenters. The molecule has 1 fully saturated rings. The lowest BCUT2D eigenvalue weighted by atomic mass is 9.93. The summed E-state index contributed by atoms with van der Waals surface area (Å²) in [5.74, 6) is -0.530. The first-order valence-electron chi connectivity index (χ1n) is 4.77. The first kappa shape index (κ1) is 10.9. The maximum Gasteiger partial charge on any atom is 0.164 e. The van der Waals surface area contributed by atoms with Crippen LogP contribution in [0.15, 0.2) is 11.6 Å². The second kappa shape index (κ2) is 3.43. The quantitative estimate of drug-likeness (QED) is 0.420. The molecular weight excluding hydrogens is 295 g/mol. The van der Waals surface area contributed by atoms with Crippen molar-refractivity contribution in [2.45, 2.75) is 48.8 Å². The van der Waals surface area contributed by atoms with E-state index < -0.39 is 11.9 Å². The van der Waals surface area contributed by atoms with E-state index in [9.17, 15) is 5.11 Å². The van der Waals surface area contributed by atoms with Crippen molar-refractivity contribution in [1.29, 1.82) is 0 Å². The molecule has 0 aromatic heterocycles. The molecule has 14 heavy (non-hydrogen) atoms. The molecule has 0 aromatic carbocycles. The zero-order chi connectivity index (χ0) is 10.5. The maximum atomic E-state index is 9.75. The Kier molecular flexibility index (Phi) is 2.66. The minimum absolute atomic E-state index is 0.00954. The van der Waals surface area contributed by atoms with Gasteiger partial charge in [0.1, 0.15) is 12.2 Å². The van der Waals surface area contributed by atoms with Gasteiger partial charge in [-0.1, -0.05) is 28.7 Å². The molecule has 0 aromatic rings. The Labute approximate surface area is 97.6 Å². The smallest absolute Gasteiger partial charge is 0.164 e. The Bertz CT molecular complexity index is 275. The van der Waals surface area contributed by atoms with Crippen molar-refractivity contribution in [3.8, 4) is 0 Å². The van der Waals surface area contributed by atoms with Gasteiger partial charge in [-0.3, -0.25) is 0 Å². The fraction of sp³-hybridized carbons (Fsp3) is 0.800. The van der Waals surface area contributed by atoms with E-state index in [1.807, 2.05) is 26.8 Å². The van der Waals surface area contributed by atoms with E-state index in [0.717, 1.165) is 5.57 Å². The highest BCUT2D eigenvalue weighted by Crippen LogP contribution is 2.39. The van der Waals surface area contributed by atoms with E-state index in [1.54, 1.807) is 0 Å². The maximum absolute atomic E-state index is 9.75. The van der Waals surface area contributed by atoms with Crippen molar-refractivity contribution in [2.24, 2.45) is 0 Å². The standard InChI is InChI=1S/C10H15IO3/c1-5-4-6(12)7(11)9-8(5)13-10(2,3)14-9/h4,6-9,12H,1-3H3/t6-,7+,8+,9-/m0/s1. The topological polar surface area (TPSA) is 38.7 Å². The summed E-state index contributed by atoms with van der Waals surface area (Å²) in [7, 11) is 0. The van der Waals surface area contributed by atoms with Crippen LogP contribution in [0.2, 0.25) is 0 Å². The van der Waals surface area contributed by atoms with E-state index in [-0.39, 0.29) is 16.1 Å².